The van der Waals surface area contributed by atoms with Crippen molar-refractivity contribution in [2.24, 2.45) is 0 Å². The van der Waals surface area contributed by atoms with Crippen LogP contribution in [-0.4, -0.2) is 20.3 Å². The van der Waals surface area contributed by atoms with E-state index in [9.17, 15) is 0 Å². The molecule has 0 heterocycles. The van der Waals surface area contributed by atoms with Crippen LogP contribution in [0.1, 0.15) is 38.2 Å². The number of nitrogens with one attached hydrogen (secondary N) is 1. The van der Waals surface area contributed by atoms with Crippen LogP contribution in [0.2, 0.25) is 0 Å². The van der Waals surface area contributed by atoms with E-state index in [1.807, 2.05) is 18.2 Å². The van der Waals surface area contributed by atoms with E-state index in [1.54, 1.807) is 7.11 Å². The van der Waals surface area contributed by atoms with Crippen LogP contribution in [0.5, 0.6) is 11.5 Å². The van der Waals surface area contributed by atoms with E-state index < -0.39 is 0 Å². The maximum absolute atomic E-state index is 8.49. The van der Waals surface area contributed by atoms with Crippen molar-refractivity contribution < 1.29 is 9.47 Å². The lowest BCUT2D eigenvalue weighted by atomic mass is 10.2. The third kappa shape index (κ3) is 5.94. The quantitative estimate of drug-likeness (QED) is 0.666. The van der Waals surface area contributed by atoms with Crippen LogP contribution in [0, 0.1) is 11.3 Å². The zero-order valence-corrected chi connectivity index (χ0v) is 12.4. The number of benzene rings is 1. The van der Waals surface area contributed by atoms with Gasteiger partial charge in [0, 0.05) is 13.0 Å². The standard InChI is InChI=1S/C16H24N2O2/c1-3-10-18-13-14-7-8-15(19-2)16(12-14)20-11-6-4-5-9-17/h7-8,12,18H,3-6,10-11,13H2,1-2H3. The normalized spacial score (nSPS) is 10.1. The van der Waals surface area contributed by atoms with Crippen molar-refractivity contribution >= 4 is 0 Å². The highest BCUT2D eigenvalue weighted by molar-refractivity contribution is 5.42. The van der Waals surface area contributed by atoms with Crippen molar-refractivity contribution in [3.05, 3.63) is 23.8 Å². The maximum atomic E-state index is 8.49. The van der Waals surface area contributed by atoms with Crippen LogP contribution >= 0.6 is 0 Å². The second-order valence-corrected chi connectivity index (χ2v) is 4.63. The summed E-state index contributed by atoms with van der Waals surface area (Å²) in [5, 5.41) is 11.9. The average molecular weight is 276 g/mol. The summed E-state index contributed by atoms with van der Waals surface area (Å²) in [4.78, 5) is 0. The number of methoxy groups -OCH3 is 1. The van der Waals surface area contributed by atoms with Crippen LogP contribution in [0.25, 0.3) is 0 Å². The van der Waals surface area contributed by atoms with Crippen molar-refractivity contribution in [1.82, 2.24) is 5.32 Å². The molecule has 1 aromatic carbocycles. The van der Waals surface area contributed by atoms with Gasteiger partial charge in [0.2, 0.25) is 0 Å². The first-order chi connectivity index (χ1) is 9.81. The monoisotopic (exact) mass is 276 g/mol. The molecule has 110 valence electrons. The van der Waals surface area contributed by atoms with Crippen molar-refractivity contribution in [3.8, 4) is 17.6 Å². The molecule has 0 bridgehead atoms. The number of rotatable bonds is 10. The Morgan fingerprint density at radius 3 is 2.80 bits per heavy atom. The molecule has 1 N–H and O–H groups in total. The highest BCUT2D eigenvalue weighted by Crippen LogP contribution is 2.28. The molecule has 4 heteroatoms. The molecule has 1 aromatic rings. The van der Waals surface area contributed by atoms with Crippen LogP contribution in [0.3, 0.4) is 0 Å². The molecule has 0 fully saturated rings. The molecule has 0 spiro atoms. The number of unbranched alkanes of at least 4 members (excludes halogenated alkanes) is 2. The number of ether oxygens (including phenoxy) is 2. The minimum absolute atomic E-state index is 0.585. The first-order valence-electron chi connectivity index (χ1n) is 7.19. The summed E-state index contributed by atoms with van der Waals surface area (Å²) in [7, 11) is 1.65. The third-order valence-corrected chi connectivity index (χ3v) is 2.92. The first kappa shape index (κ1) is 16.3. The molecule has 0 aliphatic carbocycles. The second-order valence-electron chi connectivity index (χ2n) is 4.63. The number of nitriles is 1. The molecule has 0 aromatic heterocycles. The highest BCUT2D eigenvalue weighted by atomic mass is 16.5. The van der Waals surface area contributed by atoms with Crippen LogP contribution in [0.4, 0.5) is 0 Å². The molecule has 0 atom stereocenters. The topological polar surface area (TPSA) is 54.3 Å². The molecule has 0 radical (unpaired) electrons. The predicted molar refractivity (Wildman–Crippen MR) is 80.0 cm³/mol. The summed E-state index contributed by atoms with van der Waals surface area (Å²) in [5.74, 6) is 1.53. The maximum Gasteiger partial charge on any atom is 0.161 e. The molecule has 0 aliphatic rings. The molecule has 0 saturated carbocycles. The summed E-state index contributed by atoms with van der Waals surface area (Å²) < 4.78 is 11.1. The van der Waals surface area contributed by atoms with Gasteiger partial charge in [-0.05, 0) is 43.5 Å². The van der Waals surface area contributed by atoms with E-state index in [1.165, 1.54) is 5.56 Å². The zero-order valence-electron chi connectivity index (χ0n) is 12.4. The summed E-state index contributed by atoms with van der Waals surface area (Å²) >= 11 is 0. The molecule has 20 heavy (non-hydrogen) atoms. The molecule has 0 amide bonds. The van der Waals surface area contributed by atoms with Gasteiger partial charge in [-0.3, -0.25) is 0 Å². The number of hydrogen-bond acceptors (Lipinski definition) is 4. The average Bonchev–Trinajstić information content (AvgIpc) is 2.47. The van der Waals surface area contributed by atoms with E-state index in [0.717, 1.165) is 43.9 Å². The Bertz CT molecular complexity index is 427. The van der Waals surface area contributed by atoms with Gasteiger partial charge in [-0.2, -0.15) is 5.26 Å². The summed E-state index contributed by atoms with van der Waals surface area (Å²) in [6.45, 7) is 4.61. The van der Waals surface area contributed by atoms with E-state index in [-0.39, 0.29) is 0 Å². The van der Waals surface area contributed by atoms with Crippen LogP contribution < -0.4 is 14.8 Å². The van der Waals surface area contributed by atoms with Crippen molar-refractivity contribution in [3.63, 3.8) is 0 Å². The van der Waals surface area contributed by atoms with Gasteiger partial charge < -0.3 is 14.8 Å². The van der Waals surface area contributed by atoms with Crippen LogP contribution in [0.15, 0.2) is 18.2 Å². The van der Waals surface area contributed by atoms with Gasteiger partial charge in [-0.15, -0.1) is 0 Å². The molecule has 0 saturated heterocycles. The largest absolute Gasteiger partial charge is 0.493 e. The van der Waals surface area contributed by atoms with Crippen molar-refractivity contribution in [1.29, 1.82) is 5.26 Å². The van der Waals surface area contributed by atoms with Crippen LogP contribution in [-0.2, 0) is 6.54 Å². The van der Waals surface area contributed by atoms with Crippen molar-refractivity contribution in [2.45, 2.75) is 39.2 Å². The Balaban J connectivity index is 2.52. The lowest BCUT2D eigenvalue weighted by molar-refractivity contribution is 0.286. The summed E-state index contributed by atoms with van der Waals surface area (Å²) in [5.41, 5.74) is 1.19. The molecule has 0 unspecified atom stereocenters. The van der Waals surface area contributed by atoms with Gasteiger partial charge in [-0.1, -0.05) is 13.0 Å². The van der Waals surface area contributed by atoms with Gasteiger partial charge in [0.15, 0.2) is 11.5 Å². The first-order valence-corrected chi connectivity index (χ1v) is 7.19. The van der Waals surface area contributed by atoms with E-state index >= 15 is 0 Å². The Morgan fingerprint density at radius 2 is 2.10 bits per heavy atom. The van der Waals surface area contributed by atoms with Gasteiger partial charge in [0.05, 0.1) is 19.8 Å². The molecule has 4 nitrogen and oxygen atoms in total. The SMILES string of the molecule is CCCNCc1ccc(OC)c(OCCCCC#N)c1. The van der Waals surface area contributed by atoms with Gasteiger partial charge >= 0.3 is 0 Å². The molecular formula is C16H24N2O2. The Hall–Kier alpha value is -1.73. The fourth-order valence-corrected chi connectivity index (χ4v) is 1.84. The van der Waals surface area contributed by atoms with E-state index in [4.69, 9.17) is 14.7 Å². The number of hydrogen-bond donors (Lipinski definition) is 1. The zero-order chi connectivity index (χ0) is 14.6. The lowest BCUT2D eigenvalue weighted by Crippen LogP contribution is -2.13. The van der Waals surface area contributed by atoms with Gasteiger partial charge in [0.1, 0.15) is 0 Å². The van der Waals surface area contributed by atoms with Gasteiger partial charge in [0.25, 0.3) is 0 Å². The Kier molecular flexibility index (Phi) is 8.25. The summed E-state index contributed by atoms with van der Waals surface area (Å²) in [6, 6.07) is 8.14. The minimum Gasteiger partial charge on any atom is -0.493 e. The highest BCUT2D eigenvalue weighted by Gasteiger charge is 2.05. The predicted octanol–water partition coefficient (Wildman–Crippen LogP) is 3.27. The Morgan fingerprint density at radius 1 is 1.25 bits per heavy atom. The van der Waals surface area contributed by atoms with E-state index in [0.29, 0.717) is 13.0 Å². The van der Waals surface area contributed by atoms with Crippen molar-refractivity contribution in [2.75, 3.05) is 20.3 Å². The smallest absolute Gasteiger partial charge is 0.161 e. The molecule has 0 aliphatic heterocycles. The van der Waals surface area contributed by atoms with E-state index in [2.05, 4.69) is 18.3 Å². The fourth-order valence-electron chi connectivity index (χ4n) is 1.84. The Labute approximate surface area is 121 Å². The molecule has 1 rings (SSSR count). The second kappa shape index (κ2) is 10.1. The summed E-state index contributed by atoms with van der Waals surface area (Å²) in [6.07, 6.45) is 3.46. The minimum atomic E-state index is 0.585. The third-order valence-electron chi connectivity index (χ3n) is 2.92. The number of nitrogens with zero attached hydrogens (tertiary/aromatic N) is 1. The van der Waals surface area contributed by atoms with Gasteiger partial charge in [-0.25, -0.2) is 0 Å². The lowest BCUT2D eigenvalue weighted by Gasteiger charge is -2.12. The fraction of sp³-hybridized carbons (Fsp3) is 0.562. The molecular weight excluding hydrogens is 252 g/mol.